The first-order valence-corrected chi connectivity index (χ1v) is 6.23. The zero-order valence-corrected chi connectivity index (χ0v) is 10.3. The molecule has 0 saturated heterocycles. The zero-order chi connectivity index (χ0) is 11.5. The van der Waals surface area contributed by atoms with Crippen LogP contribution in [0.2, 0.25) is 0 Å². The highest BCUT2D eigenvalue weighted by Crippen LogP contribution is 2.29. The van der Waals surface area contributed by atoms with Crippen LogP contribution >= 0.6 is 11.3 Å². The predicted octanol–water partition coefficient (Wildman–Crippen LogP) is 4.35. The first-order valence-electron chi connectivity index (χ1n) is 5.35. The third kappa shape index (κ3) is 2.07. The third-order valence-electron chi connectivity index (χ3n) is 2.66. The lowest BCUT2D eigenvalue weighted by Gasteiger charge is -2.06. The van der Waals surface area contributed by atoms with Gasteiger partial charge in [-0.25, -0.2) is 0 Å². The normalized spacial score (nSPS) is 10.7. The number of thiophene rings is 1. The fourth-order valence-electron chi connectivity index (χ4n) is 1.67. The predicted molar refractivity (Wildman–Crippen MR) is 69.2 cm³/mol. The minimum Gasteiger partial charge on any atom is -0.298 e. The lowest BCUT2D eigenvalue weighted by Crippen LogP contribution is -1.87. The van der Waals surface area contributed by atoms with Crippen LogP contribution in [0.1, 0.15) is 35.7 Å². The first-order chi connectivity index (χ1) is 7.72. The van der Waals surface area contributed by atoms with Crippen LogP contribution in [0.4, 0.5) is 0 Å². The maximum atomic E-state index is 10.8. The van der Waals surface area contributed by atoms with Gasteiger partial charge in [0.05, 0.1) is 0 Å². The quantitative estimate of drug-likeness (QED) is 0.716. The van der Waals surface area contributed by atoms with E-state index in [0.29, 0.717) is 5.92 Å². The van der Waals surface area contributed by atoms with Gasteiger partial charge < -0.3 is 0 Å². The second-order valence-electron chi connectivity index (χ2n) is 4.10. The van der Waals surface area contributed by atoms with E-state index in [9.17, 15) is 4.79 Å². The van der Waals surface area contributed by atoms with E-state index in [1.54, 1.807) is 11.3 Å². The Balaban J connectivity index is 2.38. The van der Waals surface area contributed by atoms with Gasteiger partial charge in [-0.05, 0) is 28.5 Å². The monoisotopic (exact) mass is 230 g/mol. The summed E-state index contributed by atoms with van der Waals surface area (Å²) >= 11 is 1.61. The number of hydrogen-bond donors (Lipinski definition) is 0. The van der Waals surface area contributed by atoms with Crippen LogP contribution < -0.4 is 0 Å². The Labute approximate surface area is 99.8 Å². The van der Waals surface area contributed by atoms with E-state index in [4.69, 9.17) is 0 Å². The second-order valence-corrected chi connectivity index (χ2v) is 5.02. The molecule has 0 unspecified atom stereocenters. The van der Waals surface area contributed by atoms with Crippen molar-refractivity contribution in [1.82, 2.24) is 0 Å². The highest BCUT2D eigenvalue weighted by molar-refractivity contribution is 7.14. The molecule has 16 heavy (non-hydrogen) atoms. The molecule has 0 radical (unpaired) electrons. The maximum absolute atomic E-state index is 10.8. The Morgan fingerprint density at radius 2 is 1.81 bits per heavy atom. The Hall–Kier alpha value is -1.41. The Bertz CT molecular complexity index is 480. The standard InChI is InChI=1S/C14H14OS/c1-10(2)11-3-5-12(6-4-11)14-13(9-15)7-8-16-14/h3-10H,1-2H3. The summed E-state index contributed by atoms with van der Waals surface area (Å²) in [5, 5.41) is 1.95. The molecule has 0 aliphatic carbocycles. The fraction of sp³-hybridized carbons (Fsp3) is 0.214. The van der Waals surface area contributed by atoms with Crippen molar-refractivity contribution >= 4 is 17.6 Å². The van der Waals surface area contributed by atoms with Crippen molar-refractivity contribution in [3.8, 4) is 10.4 Å². The van der Waals surface area contributed by atoms with Crippen molar-refractivity contribution in [2.24, 2.45) is 0 Å². The smallest absolute Gasteiger partial charge is 0.151 e. The van der Waals surface area contributed by atoms with E-state index in [1.807, 2.05) is 11.4 Å². The van der Waals surface area contributed by atoms with Crippen LogP contribution in [0.15, 0.2) is 35.7 Å². The Morgan fingerprint density at radius 3 is 2.38 bits per heavy atom. The molecule has 0 atom stereocenters. The molecule has 0 bridgehead atoms. The number of carbonyl (C=O) groups is 1. The van der Waals surface area contributed by atoms with Gasteiger partial charge in [-0.3, -0.25) is 4.79 Å². The van der Waals surface area contributed by atoms with E-state index in [-0.39, 0.29) is 0 Å². The van der Waals surface area contributed by atoms with E-state index in [0.717, 1.165) is 22.3 Å². The largest absolute Gasteiger partial charge is 0.298 e. The van der Waals surface area contributed by atoms with Crippen LogP contribution in [-0.4, -0.2) is 6.29 Å². The molecule has 0 saturated carbocycles. The molecule has 1 aromatic carbocycles. The number of benzene rings is 1. The number of carbonyl (C=O) groups excluding carboxylic acids is 1. The average molecular weight is 230 g/mol. The van der Waals surface area contributed by atoms with Gasteiger partial charge in [-0.1, -0.05) is 38.1 Å². The highest BCUT2D eigenvalue weighted by Gasteiger charge is 2.06. The van der Waals surface area contributed by atoms with Crippen LogP contribution in [0.25, 0.3) is 10.4 Å². The van der Waals surface area contributed by atoms with Crippen LogP contribution in [0.3, 0.4) is 0 Å². The van der Waals surface area contributed by atoms with Crippen LogP contribution in [0, 0.1) is 0 Å². The van der Waals surface area contributed by atoms with Gasteiger partial charge in [0.15, 0.2) is 6.29 Å². The van der Waals surface area contributed by atoms with Crippen molar-refractivity contribution in [3.63, 3.8) is 0 Å². The topological polar surface area (TPSA) is 17.1 Å². The Morgan fingerprint density at radius 1 is 1.12 bits per heavy atom. The van der Waals surface area contributed by atoms with E-state index in [2.05, 4.69) is 38.1 Å². The average Bonchev–Trinajstić information content (AvgIpc) is 2.77. The van der Waals surface area contributed by atoms with Crippen molar-refractivity contribution < 1.29 is 4.79 Å². The van der Waals surface area contributed by atoms with E-state index >= 15 is 0 Å². The lowest BCUT2D eigenvalue weighted by molar-refractivity contribution is 0.112. The molecule has 2 rings (SSSR count). The molecule has 0 N–H and O–H groups in total. The molecule has 0 amide bonds. The van der Waals surface area contributed by atoms with Gasteiger partial charge in [-0.15, -0.1) is 11.3 Å². The van der Waals surface area contributed by atoms with Crippen LogP contribution in [0.5, 0.6) is 0 Å². The SMILES string of the molecule is CC(C)c1ccc(-c2sccc2C=O)cc1. The highest BCUT2D eigenvalue weighted by atomic mass is 32.1. The molecule has 2 heteroatoms. The minimum absolute atomic E-state index is 0.544. The molecule has 0 fully saturated rings. The summed E-state index contributed by atoms with van der Waals surface area (Å²) in [6, 6.07) is 10.3. The van der Waals surface area contributed by atoms with Gasteiger partial charge in [0.2, 0.25) is 0 Å². The molecule has 0 aliphatic rings. The zero-order valence-electron chi connectivity index (χ0n) is 9.44. The molecule has 2 aromatic rings. The van der Waals surface area contributed by atoms with Gasteiger partial charge in [0.1, 0.15) is 0 Å². The van der Waals surface area contributed by atoms with Gasteiger partial charge >= 0.3 is 0 Å². The lowest BCUT2D eigenvalue weighted by atomic mass is 10.0. The summed E-state index contributed by atoms with van der Waals surface area (Å²) in [5.74, 6) is 0.544. The van der Waals surface area contributed by atoms with Crippen molar-refractivity contribution in [2.75, 3.05) is 0 Å². The molecule has 0 spiro atoms. The van der Waals surface area contributed by atoms with Gasteiger partial charge in [0.25, 0.3) is 0 Å². The summed E-state index contributed by atoms with van der Waals surface area (Å²) in [6.07, 6.45) is 0.919. The molecular weight excluding hydrogens is 216 g/mol. The molecule has 82 valence electrons. The maximum Gasteiger partial charge on any atom is 0.151 e. The molecular formula is C14H14OS. The minimum atomic E-state index is 0.544. The number of aldehydes is 1. The van der Waals surface area contributed by atoms with E-state index in [1.165, 1.54) is 5.56 Å². The molecule has 0 aliphatic heterocycles. The summed E-state index contributed by atoms with van der Waals surface area (Å²) in [4.78, 5) is 11.9. The van der Waals surface area contributed by atoms with E-state index < -0.39 is 0 Å². The van der Waals surface area contributed by atoms with Crippen molar-refractivity contribution in [2.45, 2.75) is 19.8 Å². The summed E-state index contributed by atoms with van der Waals surface area (Å²) in [6.45, 7) is 4.36. The third-order valence-corrected chi connectivity index (χ3v) is 3.64. The van der Waals surface area contributed by atoms with Crippen molar-refractivity contribution in [1.29, 1.82) is 0 Å². The molecule has 1 nitrogen and oxygen atoms in total. The number of hydrogen-bond acceptors (Lipinski definition) is 2. The molecule has 1 heterocycles. The fourth-order valence-corrected chi connectivity index (χ4v) is 2.54. The Kier molecular flexibility index (Phi) is 3.20. The van der Waals surface area contributed by atoms with Crippen LogP contribution in [-0.2, 0) is 0 Å². The summed E-state index contributed by atoms with van der Waals surface area (Å²) in [5.41, 5.74) is 3.23. The number of rotatable bonds is 3. The van der Waals surface area contributed by atoms with Gasteiger partial charge in [0, 0.05) is 10.4 Å². The first kappa shape index (κ1) is 11.1. The van der Waals surface area contributed by atoms with Gasteiger partial charge in [-0.2, -0.15) is 0 Å². The second kappa shape index (κ2) is 4.62. The van der Waals surface area contributed by atoms with Crippen molar-refractivity contribution in [3.05, 3.63) is 46.8 Å². The molecule has 1 aromatic heterocycles. The summed E-state index contributed by atoms with van der Waals surface area (Å²) < 4.78 is 0. The summed E-state index contributed by atoms with van der Waals surface area (Å²) in [7, 11) is 0.